The summed E-state index contributed by atoms with van der Waals surface area (Å²) in [7, 11) is 0. The van der Waals surface area contributed by atoms with Gasteiger partial charge in [0.05, 0.1) is 0 Å². The number of hydrogen-bond acceptors (Lipinski definition) is 2. The molecule has 0 radical (unpaired) electrons. The molecule has 1 aromatic carbocycles. The fraction of sp³-hybridized carbons (Fsp3) is 0.538. The predicted octanol–water partition coefficient (Wildman–Crippen LogP) is 3.39. The standard InChI is InChI=1S/C13H18ClNS/c14-13(11-6-7-11)10-15-8-9-16-12-4-2-1-3-5-12/h1-5,11,13,15H,6-10H2. The molecule has 1 unspecified atom stereocenters. The lowest BCUT2D eigenvalue weighted by Gasteiger charge is -2.09. The molecule has 0 spiro atoms. The number of rotatable bonds is 7. The van der Waals surface area contributed by atoms with Crippen molar-refractivity contribution in [2.45, 2.75) is 23.1 Å². The molecule has 1 fully saturated rings. The van der Waals surface area contributed by atoms with Crippen molar-refractivity contribution in [3.8, 4) is 0 Å². The summed E-state index contributed by atoms with van der Waals surface area (Å²) in [5.74, 6) is 1.90. The average Bonchev–Trinajstić information content (AvgIpc) is 3.13. The van der Waals surface area contributed by atoms with Crippen molar-refractivity contribution in [1.29, 1.82) is 0 Å². The summed E-state index contributed by atoms with van der Waals surface area (Å²) in [5.41, 5.74) is 0. The first-order valence-corrected chi connectivity index (χ1v) is 7.31. The highest BCUT2D eigenvalue weighted by atomic mass is 35.5. The Bertz CT molecular complexity index is 300. The van der Waals surface area contributed by atoms with Crippen LogP contribution in [0, 0.1) is 5.92 Å². The third kappa shape index (κ3) is 4.36. The molecule has 16 heavy (non-hydrogen) atoms. The molecule has 0 saturated heterocycles. The summed E-state index contributed by atoms with van der Waals surface area (Å²) in [6.45, 7) is 2.00. The summed E-state index contributed by atoms with van der Waals surface area (Å²) in [4.78, 5) is 1.34. The number of alkyl halides is 1. The lowest BCUT2D eigenvalue weighted by atomic mass is 10.3. The molecular weight excluding hydrogens is 238 g/mol. The highest BCUT2D eigenvalue weighted by Gasteiger charge is 2.28. The van der Waals surface area contributed by atoms with Gasteiger partial charge in [0.25, 0.3) is 0 Å². The molecule has 1 aliphatic carbocycles. The maximum absolute atomic E-state index is 6.20. The summed E-state index contributed by atoms with van der Waals surface area (Å²) in [6, 6.07) is 10.5. The quantitative estimate of drug-likeness (QED) is 0.455. The second-order valence-corrected chi connectivity index (χ2v) is 5.95. The smallest absolute Gasteiger partial charge is 0.0488 e. The van der Waals surface area contributed by atoms with Crippen LogP contribution in [-0.2, 0) is 0 Å². The van der Waals surface area contributed by atoms with Gasteiger partial charge in [0.1, 0.15) is 0 Å². The molecule has 1 N–H and O–H groups in total. The first kappa shape index (κ1) is 12.3. The van der Waals surface area contributed by atoms with Crippen molar-refractivity contribution >= 4 is 23.4 Å². The van der Waals surface area contributed by atoms with E-state index in [9.17, 15) is 0 Å². The minimum Gasteiger partial charge on any atom is -0.314 e. The van der Waals surface area contributed by atoms with Crippen molar-refractivity contribution in [2.75, 3.05) is 18.8 Å². The molecule has 0 bridgehead atoms. The van der Waals surface area contributed by atoms with Gasteiger partial charge in [-0.3, -0.25) is 0 Å². The molecule has 0 amide bonds. The first-order chi connectivity index (χ1) is 7.86. The largest absolute Gasteiger partial charge is 0.314 e. The topological polar surface area (TPSA) is 12.0 Å². The Morgan fingerprint density at radius 2 is 2.06 bits per heavy atom. The minimum absolute atomic E-state index is 0.349. The van der Waals surface area contributed by atoms with Crippen molar-refractivity contribution in [3.05, 3.63) is 30.3 Å². The van der Waals surface area contributed by atoms with E-state index in [0.717, 1.165) is 24.8 Å². The van der Waals surface area contributed by atoms with Crippen LogP contribution in [0.2, 0.25) is 0 Å². The van der Waals surface area contributed by atoms with E-state index >= 15 is 0 Å². The van der Waals surface area contributed by atoms with Crippen LogP contribution in [0.15, 0.2) is 35.2 Å². The lowest BCUT2D eigenvalue weighted by molar-refractivity contribution is 0.640. The van der Waals surface area contributed by atoms with Crippen LogP contribution in [0.3, 0.4) is 0 Å². The highest BCUT2D eigenvalue weighted by molar-refractivity contribution is 7.99. The van der Waals surface area contributed by atoms with Gasteiger partial charge in [0, 0.05) is 29.1 Å². The number of nitrogens with one attached hydrogen (secondary N) is 1. The SMILES string of the molecule is ClC(CNCCSc1ccccc1)C1CC1. The van der Waals surface area contributed by atoms with Gasteiger partial charge in [0.15, 0.2) is 0 Å². The van der Waals surface area contributed by atoms with Gasteiger partial charge < -0.3 is 5.32 Å². The van der Waals surface area contributed by atoms with Gasteiger partial charge in [-0.25, -0.2) is 0 Å². The van der Waals surface area contributed by atoms with E-state index in [4.69, 9.17) is 11.6 Å². The second kappa shape index (κ2) is 6.53. The third-order valence-corrected chi connectivity index (χ3v) is 4.29. The van der Waals surface area contributed by atoms with Crippen LogP contribution in [-0.4, -0.2) is 24.2 Å². The second-order valence-electron chi connectivity index (χ2n) is 4.22. The zero-order chi connectivity index (χ0) is 11.2. The van der Waals surface area contributed by atoms with Gasteiger partial charge in [-0.05, 0) is 30.9 Å². The fourth-order valence-corrected chi connectivity index (χ4v) is 2.82. The Morgan fingerprint density at radius 3 is 2.75 bits per heavy atom. The van der Waals surface area contributed by atoms with Crippen LogP contribution in [0.25, 0.3) is 0 Å². The molecular formula is C13H18ClNS. The summed E-state index contributed by atoms with van der Waals surface area (Å²) in [6.07, 6.45) is 2.66. The fourth-order valence-electron chi connectivity index (χ4n) is 1.62. The lowest BCUT2D eigenvalue weighted by Crippen LogP contribution is -2.26. The maximum Gasteiger partial charge on any atom is 0.0488 e. The molecule has 0 aromatic heterocycles. The molecule has 3 heteroatoms. The summed E-state index contributed by atoms with van der Waals surface area (Å²) in [5, 5.41) is 3.77. The molecule has 1 nitrogen and oxygen atoms in total. The number of halogens is 1. The third-order valence-electron chi connectivity index (χ3n) is 2.76. The van der Waals surface area contributed by atoms with E-state index in [1.54, 1.807) is 0 Å². The molecule has 1 aromatic rings. The van der Waals surface area contributed by atoms with Gasteiger partial charge in [-0.1, -0.05) is 18.2 Å². The maximum atomic E-state index is 6.20. The first-order valence-electron chi connectivity index (χ1n) is 5.89. The number of benzene rings is 1. The average molecular weight is 256 g/mol. The zero-order valence-corrected chi connectivity index (χ0v) is 10.9. The van der Waals surface area contributed by atoms with E-state index in [0.29, 0.717) is 5.38 Å². The Labute approximate surface area is 107 Å². The van der Waals surface area contributed by atoms with Gasteiger partial charge >= 0.3 is 0 Å². The molecule has 88 valence electrons. The van der Waals surface area contributed by atoms with Crippen LogP contribution in [0.5, 0.6) is 0 Å². The van der Waals surface area contributed by atoms with Crippen LogP contribution < -0.4 is 5.32 Å². The molecule has 2 rings (SSSR count). The van der Waals surface area contributed by atoms with Crippen LogP contribution in [0.4, 0.5) is 0 Å². The van der Waals surface area contributed by atoms with Crippen LogP contribution >= 0.6 is 23.4 Å². The van der Waals surface area contributed by atoms with Gasteiger partial charge in [-0.15, -0.1) is 23.4 Å². The van der Waals surface area contributed by atoms with Crippen LogP contribution in [0.1, 0.15) is 12.8 Å². The predicted molar refractivity (Wildman–Crippen MR) is 72.4 cm³/mol. The normalized spacial score (nSPS) is 17.3. The van der Waals surface area contributed by atoms with Crippen molar-refractivity contribution < 1.29 is 0 Å². The summed E-state index contributed by atoms with van der Waals surface area (Å²) < 4.78 is 0. The highest BCUT2D eigenvalue weighted by Crippen LogP contribution is 2.35. The molecule has 1 aliphatic rings. The van der Waals surface area contributed by atoms with E-state index in [1.165, 1.54) is 17.7 Å². The molecule has 0 aliphatic heterocycles. The Morgan fingerprint density at radius 1 is 1.31 bits per heavy atom. The van der Waals surface area contributed by atoms with Gasteiger partial charge in [0.2, 0.25) is 0 Å². The van der Waals surface area contributed by atoms with E-state index < -0.39 is 0 Å². The summed E-state index contributed by atoms with van der Waals surface area (Å²) >= 11 is 8.10. The Kier molecular flexibility index (Phi) is 5.01. The number of thioether (sulfide) groups is 1. The number of hydrogen-bond donors (Lipinski definition) is 1. The molecule has 1 atom stereocenters. The molecule has 1 saturated carbocycles. The van der Waals surface area contributed by atoms with Crippen molar-refractivity contribution in [1.82, 2.24) is 5.32 Å². The Balaban J connectivity index is 1.52. The van der Waals surface area contributed by atoms with E-state index in [1.807, 2.05) is 11.8 Å². The van der Waals surface area contributed by atoms with E-state index in [-0.39, 0.29) is 0 Å². The zero-order valence-electron chi connectivity index (χ0n) is 9.36. The van der Waals surface area contributed by atoms with E-state index in [2.05, 4.69) is 35.6 Å². The van der Waals surface area contributed by atoms with Gasteiger partial charge in [-0.2, -0.15) is 0 Å². The van der Waals surface area contributed by atoms with Crippen molar-refractivity contribution in [2.24, 2.45) is 5.92 Å². The molecule has 0 heterocycles. The van der Waals surface area contributed by atoms with Crippen molar-refractivity contribution in [3.63, 3.8) is 0 Å². The Hall–Kier alpha value is -0.180. The minimum atomic E-state index is 0.349. The monoisotopic (exact) mass is 255 g/mol.